The number of carbonyl (C=O) groups excluding carboxylic acids is 1. The van der Waals surface area contributed by atoms with E-state index in [1.165, 1.54) is 23.1 Å². The highest BCUT2D eigenvalue weighted by molar-refractivity contribution is 5.70. The van der Waals surface area contributed by atoms with Gasteiger partial charge in [-0.2, -0.15) is 13.2 Å². The molecule has 0 aromatic heterocycles. The lowest BCUT2D eigenvalue weighted by atomic mass is 10.0. The number of benzene rings is 1. The molecule has 104 valence electrons. The Morgan fingerprint density at radius 2 is 1.95 bits per heavy atom. The van der Waals surface area contributed by atoms with Crippen LogP contribution in [0.2, 0.25) is 0 Å². The summed E-state index contributed by atoms with van der Waals surface area (Å²) >= 11 is 0. The second-order valence-corrected chi connectivity index (χ2v) is 4.70. The molecule has 1 fully saturated rings. The minimum Gasteiger partial charge on any atom is -0.439 e. The SMILES string of the molecule is CC(C)N1CC(c2ccccc2C(F)(F)F)OC1=O. The van der Waals surface area contributed by atoms with Gasteiger partial charge in [-0.05, 0) is 19.9 Å². The average molecular weight is 273 g/mol. The van der Waals surface area contributed by atoms with Crippen molar-refractivity contribution in [1.29, 1.82) is 0 Å². The van der Waals surface area contributed by atoms with Crippen LogP contribution in [0.3, 0.4) is 0 Å². The molecule has 19 heavy (non-hydrogen) atoms. The molecule has 1 aromatic carbocycles. The summed E-state index contributed by atoms with van der Waals surface area (Å²) in [4.78, 5) is 13.0. The van der Waals surface area contributed by atoms with Crippen molar-refractivity contribution in [2.75, 3.05) is 6.54 Å². The number of nitrogens with zero attached hydrogens (tertiary/aromatic N) is 1. The second-order valence-electron chi connectivity index (χ2n) is 4.70. The third-order valence-corrected chi connectivity index (χ3v) is 3.08. The largest absolute Gasteiger partial charge is 0.439 e. The summed E-state index contributed by atoms with van der Waals surface area (Å²) in [7, 11) is 0. The molecule has 1 aromatic rings. The van der Waals surface area contributed by atoms with Crippen molar-refractivity contribution in [3.8, 4) is 0 Å². The van der Waals surface area contributed by atoms with Crippen LogP contribution >= 0.6 is 0 Å². The van der Waals surface area contributed by atoms with Crippen LogP contribution in [0.25, 0.3) is 0 Å². The van der Waals surface area contributed by atoms with Crippen LogP contribution in [0.15, 0.2) is 24.3 Å². The smallest absolute Gasteiger partial charge is 0.416 e. The van der Waals surface area contributed by atoms with Gasteiger partial charge in [-0.1, -0.05) is 18.2 Å². The van der Waals surface area contributed by atoms with Crippen LogP contribution in [0.1, 0.15) is 31.1 Å². The maximum Gasteiger partial charge on any atom is 0.416 e. The zero-order chi connectivity index (χ0) is 14.2. The number of halogens is 3. The Labute approximate surface area is 109 Å². The fraction of sp³-hybridized carbons (Fsp3) is 0.462. The molecule has 0 saturated carbocycles. The van der Waals surface area contributed by atoms with Crippen molar-refractivity contribution in [3.63, 3.8) is 0 Å². The molecule has 6 heteroatoms. The standard InChI is InChI=1S/C13H14F3NO2/c1-8(2)17-7-11(19-12(17)18)9-5-3-4-6-10(9)13(14,15)16/h3-6,8,11H,7H2,1-2H3. The Balaban J connectivity index is 2.32. The molecular weight excluding hydrogens is 259 g/mol. The molecule has 0 radical (unpaired) electrons. The van der Waals surface area contributed by atoms with Crippen molar-refractivity contribution in [1.82, 2.24) is 4.90 Å². The molecule has 1 amide bonds. The highest BCUT2D eigenvalue weighted by atomic mass is 19.4. The van der Waals surface area contributed by atoms with Crippen LogP contribution in [0, 0.1) is 0 Å². The first-order valence-electron chi connectivity index (χ1n) is 5.94. The predicted molar refractivity (Wildman–Crippen MR) is 62.5 cm³/mol. The molecular formula is C13H14F3NO2. The van der Waals surface area contributed by atoms with E-state index in [4.69, 9.17) is 4.74 Å². The number of alkyl halides is 3. The molecule has 1 heterocycles. The van der Waals surface area contributed by atoms with Gasteiger partial charge in [0, 0.05) is 11.6 Å². The molecule has 1 unspecified atom stereocenters. The number of hydrogen-bond donors (Lipinski definition) is 0. The average Bonchev–Trinajstić information content (AvgIpc) is 2.70. The number of hydrogen-bond acceptors (Lipinski definition) is 2. The lowest BCUT2D eigenvalue weighted by Crippen LogP contribution is -2.31. The van der Waals surface area contributed by atoms with Gasteiger partial charge in [0.05, 0.1) is 12.1 Å². The van der Waals surface area contributed by atoms with E-state index in [1.54, 1.807) is 13.8 Å². The van der Waals surface area contributed by atoms with Gasteiger partial charge in [-0.25, -0.2) is 4.79 Å². The number of cyclic esters (lactones) is 1. The van der Waals surface area contributed by atoms with Crippen molar-refractivity contribution in [3.05, 3.63) is 35.4 Å². The van der Waals surface area contributed by atoms with E-state index in [0.29, 0.717) is 0 Å². The molecule has 0 spiro atoms. The normalized spacial score (nSPS) is 20.0. The predicted octanol–water partition coefficient (Wildman–Crippen LogP) is 3.61. The topological polar surface area (TPSA) is 29.5 Å². The first-order valence-corrected chi connectivity index (χ1v) is 5.94. The maximum atomic E-state index is 12.9. The molecule has 1 aliphatic rings. The molecule has 0 bridgehead atoms. The summed E-state index contributed by atoms with van der Waals surface area (Å²) in [6, 6.07) is 5.08. The second kappa shape index (κ2) is 4.75. The number of ether oxygens (including phenoxy) is 1. The van der Waals surface area contributed by atoms with Gasteiger partial charge in [-0.15, -0.1) is 0 Å². The molecule has 1 aliphatic heterocycles. The van der Waals surface area contributed by atoms with E-state index >= 15 is 0 Å². The zero-order valence-electron chi connectivity index (χ0n) is 10.6. The van der Waals surface area contributed by atoms with Crippen molar-refractivity contribution >= 4 is 6.09 Å². The fourth-order valence-corrected chi connectivity index (χ4v) is 2.10. The highest BCUT2D eigenvalue weighted by Crippen LogP contribution is 2.37. The molecule has 2 rings (SSSR count). The summed E-state index contributed by atoms with van der Waals surface area (Å²) in [5.74, 6) is 0. The van der Waals surface area contributed by atoms with Crippen molar-refractivity contribution in [2.45, 2.75) is 32.2 Å². The van der Waals surface area contributed by atoms with E-state index in [2.05, 4.69) is 0 Å². The van der Waals surface area contributed by atoms with Gasteiger partial charge in [-0.3, -0.25) is 0 Å². The van der Waals surface area contributed by atoms with E-state index in [9.17, 15) is 18.0 Å². The fourth-order valence-electron chi connectivity index (χ4n) is 2.10. The van der Waals surface area contributed by atoms with Crippen LogP contribution in [0.5, 0.6) is 0 Å². The summed E-state index contributed by atoms with van der Waals surface area (Å²) in [6.07, 6.45) is -5.89. The monoisotopic (exact) mass is 273 g/mol. The van der Waals surface area contributed by atoms with Crippen molar-refractivity contribution in [2.24, 2.45) is 0 Å². The molecule has 1 atom stereocenters. The number of amides is 1. The van der Waals surface area contributed by atoms with Gasteiger partial charge >= 0.3 is 12.3 Å². The molecule has 0 N–H and O–H groups in total. The van der Waals surface area contributed by atoms with Gasteiger partial charge in [0.15, 0.2) is 0 Å². The molecule has 3 nitrogen and oxygen atoms in total. The Morgan fingerprint density at radius 3 is 2.47 bits per heavy atom. The van der Waals surface area contributed by atoms with Gasteiger partial charge in [0.2, 0.25) is 0 Å². The van der Waals surface area contributed by atoms with Crippen LogP contribution in [0.4, 0.5) is 18.0 Å². The zero-order valence-corrected chi connectivity index (χ0v) is 10.6. The Kier molecular flexibility index (Phi) is 3.43. The van der Waals surface area contributed by atoms with Crippen LogP contribution < -0.4 is 0 Å². The van der Waals surface area contributed by atoms with E-state index in [1.807, 2.05) is 0 Å². The van der Waals surface area contributed by atoms with E-state index in [-0.39, 0.29) is 18.2 Å². The lowest BCUT2D eigenvalue weighted by Gasteiger charge is -2.18. The Hall–Kier alpha value is -1.72. The number of carbonyl (C=O) groups is 1. The summed E-state index contributed by atoms with van der Waals surface area (Å²) in [5, 5.41) is 0. The lowest BCUT2D eigenvalue weighted by molar-refractivity contribution is -0.139. The van der Waals surface area contributed by atoms with Crippen LogP contribution in [-0.2, 0) is 10.9 Å². The number of rotatable bonds is 2. The minimum absolute atomic E-state index is 0.00602. The third kappa shape index (κ3) is 2.67. The molecule has 1 saturated heterocycles. The first-order chi connectivity index (χ1) is 8.80. The summed E-state index contributed by atoms with van der Waals surface area (Å²) in [5.41, 5.74) is -0.745. The maximum absolute atomic E-state index is 12.9. The third-order valence-electron chi connectivity index (χ3n) is 3.08. The van der Waals surface area contributed by atoms with E-state index in [0.717, 1.165) is 6.07 Å². The Morgan fingerprint density at radius 1 is 1.32 bits per heavy atom. The van der Waals surface area contributed by atoms with Gasteiger partial charge < -0.3 is 9.64 Å². The quantitative estimate of drug-likeness (QED) is 0.823. The first kappa shape index (κ1) is 13.7. The highest BCUT2D eigenvalue weighted by Gasteiger charge is 2.40. The van der Waals surface area contributed by atoms with Gasteiger partial charge in [0.1, 0.15) is 6.10 Å². The summed E-state index contributed by atoms with van der Waals surface area (Å²) in [6.45, 7) is 3.72. The Bertz CT molecular complexity index is 485. The van der Waals surface area contributed by atoms with Gasteiger partial charge in [0.25, 0.3) is 0 Å². The minimum atomic E-state index is -4.45. The van der Waals surface area contributed by atoms with Crippen molar-refractivity contribution < 1.29 is 22.7 Å². The van der Waals surface area contributed by atoms with Crippen LogP contribution in [-0.4, -0.2) is 23.6 Å². The van der Waals surface area contributed by atoms with E-state index < -0.39 is 23.9 Å². The molecule has 0 aliphatic carbocycles. The summed E-state index contributed by atoms with van der Waals surface area (Å²) < 4.78 is 43.7.